The second-order valence-corrected chi connectivity index (χ2v) is 10.9. The Kier molecular flexibility index (Phi) is 7.81. The van der Waals surface area contributed by atoms with Gasteiger partial charge >= 0.3 is 0 Å². The maximum absolute atomic E-state index is 6.19. The topological polar surface area (TPSA) is 50.3 Å². The smallest absolute Gasteiger partial charge is 0.191 e. The summed E-state index contributed by atoms with van der Waals surface area (Å²) >= 11 is 3.51. The van der Waals surface area contributed by atoms with Crippen LogP contribution in [0, 0.1) is 0 Å². The van der Waals surface area contributed by atoms with E-state index in [0.717, 1.165) is 61.2 Å². The van der Waals surface area contributed by atoms with Gasteiger partial charge < -0.3 is 15.0 Å². The molecule has 5 nitrogen and oxygen atoms in total. The molecule has 0 saturated carbocycles. The molecule has 3 heterocycles. The highest BCUT2D eigenvalue weighted by Gasteiger charge is 2.33. The molecule has 0 aromatic carbocycles. The summed E-state index contributed by atoms with van der Waals surface area (Å²) in [4.78, 5) is 14.7. The summed E-state index contributed by atoms with van der Waals surface area (Å²) in [6.45, 7) is 18.2. The molecule has 2 aromatic rings. The highest BCUT2D eigenvalue weighted by atomic mass is 32.2. The van der Waals surface area contributed by atoms with Crippen molar-refractivity contribution >= 4 is 39.1 Å². The molecule has 7 heteroatoms. The van der Waals surface area contributed by atoms with E-state index in [0.29, 0.717) is 11.9 Å². The van der Waals surface area contributed by atoms with Crippen molar-refractivity contribution in [2.45, 2.75) is 83.4 Å². The predicted molar refractivity (Wildman–Crippen MR) is 126 cm³/mol. The first-order valence-corrected chi connectivity index (χ1v) is 12.7. The van der Waals surface area contributed by atoms with Gasteiger partial charge in [-0.05, 0) is 45.0 Å². The number of nitrogens with one attached hydrogen (secondary N) is 1. The van der Waals surface area contributed by atoms with Crippen molar-refractivity contribution in [2.75, 3.05) is 31.5 Å². The molecule has 0 bridgehead atoms. The number of aromatic nitrogens is 2. The van der Waals surface area contributed by atoms with E-state index < -0.39 is 0 Å². The van der Waals surface area contributed by atoms with Gasteiger partial charge in [-0.3, -0.25) is 0 Å². The van der Waals surface area contributed by atoms with E-state index in [9.17, 15) is 0 Å². The van der Waals surface area contributed by atoms with E-state index >= 15 is 0 Å². The summed E-state index contributed by atoms with van der Waals surface area (Å²) in [6.07, 6.45) is 3.06. The molecule has 1 N–H and O–H groups in total. The molecule has 0 aliphatic carbocycles. The maximum atomic E-state index is 6.19. The normalized spacial score (nSPS) is 19.3. The Balaban J connectivity index is 1.89. The van der Waals surface area contributed by atoms with E-state index in [4.69, 9.17) is 14.7 Å². The Morgan fingerprint density at radius 1 is 1.24 bits per heavy atom. The first kappa shape index (κ1) is 22.8. The molecule has 3 rings (SSSR count). The fourth-order valence-corrected chi connectivity index (χ4v) is 5.59. The summed E-state index contributed by atoms with van der Waals surface area (Å²) in [5, 5.41) is 6.22. The number of ether oxygens (including phenoxy) is 1. The van der Waals surface area contributed by atoms with Crippen LogP contribution in [-0.2, 0) is 17.8 Å². The molecule has 0 amide bonds. The lowest BCUT2D eigenvalue weighted by atomic mass is 9.90. The van der Waals surface area contributed by atoms with Gasteiger partial charge in [0, 0.05) is 23.1 Å². The van der Waals surface area contributed by atoms with E-state index in [-0.39, 0.29) is 5.60 Å². The van der Waals surface area contributed by atoms with Crippen LogP contribution in [0.2, 0.25) is 0 Å². The average Bonchev–Trinajstić information content (AvgIpc) is 3.04. The molecule has 0 spiro atoms. The summed E-state index contributed by atoms with van der Waals surface area (Å²) in [5.74, 6) is 1.01. The molecule has 0 fully saturated rings. The van der Waals surface area contributed by atoms with Crippen LogP contribution in [0.15, 0.2) is 5.16 Å². The fourth-order valence-electron chi connectivity index (χ4n) is 3.72. The zero-order chi connectivity index (χ0) is 21.0. The van der Waals surface area contributed by atoms with Gasteiger partial charge in [-0.15, -0.1) is 11.3 Å². The minimum absolute atomic E-state index is 0.0909. The Morgan fingerprint density at radius 2 is 2.00 bits per heavy atom. The van der Waals surface area contributed by atoms with Gasteiger partial charge in [-0.1, -0.05) is 46.4 Å². The van der Waals surface area contributed by atoms with Crippen molar-refractivity contribution in [3.05, 3.63) is 10.4 Å². The highest BCUT2D eigenvalue weighted by Crippen LogP contribution is 2.42. The zero-order valence-corrected chi connectivity index (χ0v) is 20.4. The lowest BCUT2D eigenvalue weighted by Gasteiger charge is -2.33. The van der Waals surface area contributed by atoms with Crippen LogP contribution in [0.5, 0.6) is 0 Å². The minimum atomic E-state index is -0.0909. The van der Waals surface area contributed by atoms with Gasteiger partial charge in [0.2, 0.25) is 0 Å². The average molecular weight is 437 g/mol. The van der Waals surface area contributed by atoms with Crippen molar-refractivity contribution in [3.63, 3.8) is 0 Å². The van der Waals surface area contributed by atoms with Gasteiger partial charge in [0.05, 0.1) is 17.6 Å². The third kappa shape index (κ3) is 5.43. The van der Waals surface area contributed by atoms with Crippen molar-refractivity contribution in [1.29, 1.82) is 0 Å². The van der Waals surface area contributed by atoms with E-state index in [1.165, 1.54) is 15.8 Å². The second kappa shape index (κ2) is 9.94. The third-order valence-corrected chi connectivity index (χ3v) is 7.71. The number of thiophene rings is 1. The van der Waals surface area contributed by atoms with Crippen molar-refractivity contribution in [1.82, 2.24) is 14.9 Å². The molecule has 29 heavy (non-hydrogen) atoms. The van der Waals surface area contributed by atoms with Crippen LogP contribution in [-0.4, -0.2) is 51.9 Å². The predicted octanol–water partition coefficient (Wildman–Crippen LogP) is 5.58. The molecular formula is C22H36N4OS2. The summed E-state index contributed by atoms with van der Waals surface area (Å²) in [6, 6.07) is 0. The van der Waals surface area contributed by atoms with Crippen LogP contribution >= 0.6 is 23.1 Å². The van der Waals surface area contributed by atoms with Gasteiger partial charge in [0.15, 0.2) is 5.16 Å². The van der Waals surface area contributed by atoms with Crippen LogP contribution in [0.3, 0.4) is 0 Å². The summed E-state index contributed by atoms with van der Waals surface area (Å²) < 4.78 is 6.19. The molecular weight excluding hydrogens is 400 g/mol. The van der Waals surface area contributed by atoms with E-state index in [2.05, 4.69) is 51.8 Å². The fraction of sp³-hybridized carbons (Fsp3) is 0.727. The molecule has 0 radical (unpaired) electrons. The maximum Gasteiger partial charge on any atom is 0.191 e. The lowest BCUT2D eigenvalue weighted by molar-refractivity contribution is -0.0542. The van der Waals surface area contributed by atoms with Crippen LogP contribution < -0.4 is 5.32 Å². The van der Waals surface area contributed by atoms with Gasteiger partial charge in [0.1, 0.15) is 10.6 Å². The number of hydrogen-bond acceptors (Lipinski definition) is 7. The van der Waals surface area contributed by atoms with Gasteiger partial charge in [-0.25, -0.2) is 9.97 Å². The molecule has 0 unspecified atom stereocenters. The van der Waals surface area contributed by atoms with E-state index in [1.807, 2.05) is 0 Å². The van der Waals surface area contributed by atoms with Crippen LogP contribution in [0.1, 0.15) is 64.8 Å². The zero-order valence-electron chi connectivity index (χ0n) is 18.8. The SMILES string of the molecule is CCN(CC)CCCNc1nc(SC(C)C)nc2sc3c(c12)C[C@](C)(CC)OC3. The second-order valence-electron chi connectivity index (χ2n) is 8.28. The lowest BCUT2D eigenvalue weighted by Crippen LogP contribution is -2.34. The molecule has 1 aliphatic heterocycles. The van der Waals surface area contributed by atoms with Gasteiger partial charge in [0.25, 0.3) is 0 Å². The van der Waals surface area contributed by atoms with Gasteiger partial charge in [-0.2, -0.15) is 0 Å². The number of fused-ring (bicyclic) bond motifs is 3. The van der Waals surface area contributed by atoms with Crippen molar-refractivity contribution in [2.24, 2.45) is 0 Å². The summed E-state index contributed by atoms with van der Waals surface area (Å²) in [7, 11) is 0. The Hall–Kier alpha value is -0.890. The monoisotopic (exact) mass is 436 g/mol. The number of nitrogens with zero attached hydrogens (tertiary/aromatic N) is 3. The minimum Gasteiger partial charge on any atom is -0.369 e. The Labute approximate surface area is 184 Å². The Bertz CT molecular complexity index is 819. The quantitative estimate of drug-likeness (QED) is 0.298. The number of hydrogen-bond donors (Lipinski definition) is 1. The van der Waals surface area contributed by atoms with Crippen molar-refractivity contribution in [3.8, 4) is 0 Å². The molecule has 162 valence electrons. The van der Waals surface area contributed by atoms with E-state index in [1.54, 1.807) is 23.1 Å². The van der Waals surface area contributed by atoms with Crippen LogP contribution in [0.25, 0.3) is 10.2 Å². The molecule has 1 aliphatic rings. The van der Waals surface area contributed by atoms with Crippen molar-refractivity contribution < 1.29 is 4.74 Å². The number of anilines is 1. The Morgan fingerprint density at radius 3 is 2.66 bits per heavy atom. The third-order valence-electron chi connectivity index (χ3n) is 5.74. The summed E-state index contributed by atoms with van der Waals surface area (Å²) in [5.41, 5.74) is 1.31. The highest BCUT2D eigenvalue weighted by molar-refractivity contribution is 7.99. The first-order chi connectivity index (χ1) is 13.9. The number of thioether (sulfide) groups is 1. The largest absolute Gasteiger partial charge is 0.369 e. The van der Waals surface area contributed by atoms with Crippen LogP contribution in [0.4, 0.5) is 5.82 Å². The molecule has 2 aromatic heterocycles. The number of rotatable bonds is 10. The molecule has 0 saturated heterocycles. The molecule has 1 atom stereocenters. The first-order valence-electron chi connectivity index (χ1n) is 11.0. The standard InChI is InChI=1S/C22H36N4OS2/c1-7-22(6)13-16-17(14-27-22)29-20-18(16)19(24-21(25-20)28-15(4)5)23-11-10-12-26(8-2)9-3/h15H,7-14H2,1-6H3,(H,23,24,25)/t22-/m0/s1.